The minimum absolute atomic E-state index is 0.359. The van der Waals surface area contributed by atoms with Crippen LogP contribution in [-0.4, -0.2) is 44.2 Å². The molecule has 14 heavy (non-hydrogen) atoms. The van der Waals surface area contributed by atoms with Crippen molar-refractivity contribution in [1.29, 1.82) is 0 Å². The zero-order valence-electron chi connectivity index (χ0n) is 8.37. The number of likely N-dealkylation sites (N-methyl/N-ethyl adjacent to an activating group) is 1. The normalized spacial score (nSPS) is 17.6. The Morgan fingerprint density at radius 3 is 2.57 bits per heavy atom. The van der Waals surface area contributed by atoms with E-state index < -0.39 is 10.0 Å². The number of halogens is 1. The quantitative estimate of drug-likeness (QED) is 0.663. The molecule has 1 rings (SSSR count). The van der Waals surface area contributed by atoms with Gasteiger partial charge < -0.3 is 0 Å². The molecule has 6 heteroatoms. The van der Waals surface area contributed by atoms with Crippen molar-refractivity contribution in [2.45, 2.75) is 25.8 Å². The van der Waals surface area contributed by atoms with Gasteiger partial charge in [-0.2, -0.15) is 0 Å². The molecule has 0 saturated heterocycles. The SMILES string of the molecule is CCN(CCNS(=O)(=O)CCl)C1CC1. The van der Waals surface area contributed by atoms with Gasteiger partial charge in [0.2, 0.25) is 10.0 Å². The highest BCUT2D eigenvalue weighted by molar-refractivity contribution is 7.90. The fraction of sp³-hybridized carbons (Fsp3) is 1.00. The van der Waals surface area contributed by atoms with E-state index in [-0.39, 0.29) is 5.21 Å². The highest BCUT2D eigenvalue weighted by Gasteiger charge is 2.27. The average Bonchev–Trinajstić information content (AvgIpc) is 2.96. The lowest BCUT2D eigenvalue weighted by Crippen LogP contribution is -2.36. The van der Waals surface area contributed by atoms with Crippen molar-refractivity contribution >= 4 is 21.6 Å². The summed E-state index contributed by atoms with van der Waals surface area (Å²) in [5.74, 6) is 0. The van der Waals surface area contributed by atoms with Crippen LogP contribution in [0.1, 0.15) is 19.8 Å². The number of hydrogen-bond acceptors (Lipinski definition) is 3. The molecule has 0 bridgehead atoms. The van der Waals surface area contributed by atoms with E-state index in [0.29, 0.717) is 12.6 Å². The minimum atomic E-state index is -3.24. The molecule has 0 aromatic heterocycles. The standard InChI is InChI=1S/C8H17ClN2O2S/c1-2-11(8-3-4-8)6-5-10-14(12,13)7-9/h8,10H,2-7H2,1H3. The summed E-state index contributed by atoms with van der Waals surface area (Å²) in [5, 5.41) is -0.359. The molecule has 0 aliphatic heterocycles. The van der Waals surface area contributed by atoms with Gasteiger partial charge in [0.05, 0.1) is 0 Å². The molecule has 0 atom stereocenters. The molecule has 84 valence electrons. The highest BCUT2D eigenvalue weighted by Crippen LogP contribution is 2.25. The van der Waals surface area contributed by atoms with Gasteiger partial charge in [0.25, 0.3) is 0 Å². The van der Waals surface area contributed by atoms with Crippen molar-refractivity contribution < 1.29 is 8.42 Å². The Morgan fingerprint density at radius 2 is 2.14 bits per heavy atom. The second-order valence-electron chi connectivity index (χ2n) is 3.48. The van der Waals surface area contributed by atoms with E-state index in [1.54, 1.807) is 0 Å². The monoisotopic (exact) mass is 240 g/mol. The molecular formula is C8H17ClN2O2S. The van der Waals surface area contributed by atoms with Crippen LogP contribution in [0.2, 0.25) is 0 Å². The lowest BCUT2D eigenvalue weighted by Gasteiger charge is -2.19. The predicted molar refractivity (Wildman–Crippen MR) is 57.9 cm³/mol. The molecule has 4 nitrogen and oxygen atoms in total. The molecule has 0 amide bonds. The van der Waals surface area contributed by atoms with Gasteiger partial charge in [0.1, 0.15) is 5.21 Å². The molecule has 1 saturated carbocycles. The number of nitrogens with zero attached hydrogens (tertiary/aromatic N) is 1. The first-order chi connectivity index (χ1) is 6.59. The van der Waals surface area contributed by atoms with E-state index in [4.69, 9.17) is 11.6 Å². The Labute approximate surface area is 90.7 Å². The number of alkyl halides is 1. The van der Waals surface area contributed by atoms with Gasteiger partial charge in [-0.1, -0.05) is 6.92 Å². The van der Waals surface area contributed by atoms with Gasteiger partial charge >= 0.3 is 0 Å². The van der Waals surface area contributed by atoms with Crippen LogP contribution >= 0.6 is 11.6 Å². The van der Waals surface area contributed by atoms with E-state index in [1.807, 2.05) is 0 Å². The fourth-order valence-corrected chi connectivity index (χ4v) is 2.13. The summed E-state index contributed by atoms with van der Waals surface area (Å²) >= 11 is 5.25. The maximum absolute atomic E-state index is 11.0. The van der Waals surface area contributed by atoms with E-state index in [2.05, 4.69) is 16.5 Å². The van der Waals surface area contributed by atoms with E-state index in [9.17, 15) is 8.42 Å². The summed E-state index contributed by atoms with van der Waals surface area (Å²) in [5.41, 5.74) is 0. The van der Waals surface area contributed by atoms with Crippen LogP contribution in [0.15, 0.2) is 0 Å². The zero-order valence-corrected chi connectivity index (χ0v) is 9.94. The van der Waals surface area contributed by atoms with Gasteiger partial charge in [0.15, 0.2) is 0 Å². The number of nitrogens with one attached hydrogen (secondary N) is 1. The third-order valence-corrected chi connectivity index (χ3v) is 4.13. The Hall–Kier alpha value is 0.160. The van der Waals surface area contributed by atoms with Crippen molar-refractivity contribution in [3.8, 4) is 0 Å². The summed E-state index contributed by atoms with van der Waals surface area (Å²) < 4.78 is 24.4. The van der Waals surface area contributed by atoms with Crippen LogP contribution in [-0.2, 0) is 10.0 Å². The van der Waals surface area contributed by atoms with Gasteiger partial charge in [0, 0.05) is 19.1 Å². The van der Waals surface area contributed by atoms with Crippen LogP contribution in [0.4, 0.5) is 0 Å². The summed E-state index contributed by atoms with van der Waals surface area (Å²) in [7, 11) is -3.24. The highest BCUT2D eigenvalue weighted by atomic mass is 35.5. The van der Waals surface area contributed by atoms with E-state index >= 15 is 0 Å². The predicted octanol–water partition coefficient (Wildman–Crippen LogP) is 0.586. The molecule has 0 aromatic rings. The van der Waals surface area contributed by atoms with Gasteiger partial charge in [-0.25, -0.2) is 13.1 Å². The van der Waals surface area contributed by atoms with Crippen molar-refractivity contribution in [2.75, 3.05) is 24.8 Å². The second kappa shape index (κ2) is 5.30. The third kappa shape index (κ3) is 4.13. The molecule has 1 N–H and O–H groups in total. The Bertz CT molecular complexity index is 265. The first-order valence-corrected chi connectivity index (χ1v) is 7.05. The maximum Gasteiger partial charge on any atom is 0.225 e. The van der Waals surface area contributed by atoms with Crippen LogP contribution in [0.3, 0.4) is 0 Å². The lowest BCUT2D eigenvalue weighted by atomic mass is 10.4. The molecule has 0 radical (unpaired) electrons. The van der Waals surface area contributed by atoms with Crippen molar-refractivity contribution in [1.82, 2.24) is 9.62 Å². The minimum Gasteiger partial charge on any atom is -0.299 e. The number of hydrogen-bond donors (Lipinski definition) is 1. The summed E-state index contributed by atoms with van der Waals surface area (Å²) in [4.78, 5) is 2.29. The van der Waals surface area contributed by atoms with E-state index in [1.165, 1.54) is 12.8 Å². The first kappa shape index (κ1) is 12.2. The topological polar surface area (TPSA) is 49.4 Å². The van der Waals surface area contributed by atoms with Crippen LogP contribution in [0.5, 0.6) is 0 Å². The molecule has 1 aliphatic rings. The molecule has 0 spiro atoms. The van der Waals surface area contributed by atoms with Crippen LogP contribution in [0, 0.1) is 0 Å². The van der Waals surface area contributed by atoms with Crippen LogP contribution in [0.25, 0.3) is 0 Å². The zero-order chi connectivity index (χ0) is 10.6. The smallest absolute Gasteiger partial charge is 0.225 e. The molecule has 0 heterocycles. The first-order valence-electron chi connectivity index (χ1n) is 4.86. The second-order valence-corrected chi connectivity index (χ2v) is 5.87. The summed E-state index contributed by atoms with van der Waals surface area (Å²) in [6.45, 7) is 4.30. The summed E-state index contributed by atoms with van der Waals surface area (Å²) in [6, 6.07) is 0.681. The van der Waals surface area contributed by atoms with Crippen molar-refractivity contribution in [2.24, 2.45) is 0 Å². The largest absolute Gasteiger partial charge is 0.299 e. The van der Waals surface area contributed by atoms with Crippen molar-refractivity contribution in [3.63, 3.8) is 0 Å². The van der Waals surface area contributed by atoms with E-state index in [0.717, 1.165) is 13.1 Å². The number of rotatable bonds is 7. The van der Waals surface area contributed by atoms with Gasteiger partial charge in [-0.05, 0) is 19.4 Å². The fourth-order valence-electron chi connectivity index (χ4n) is 1.42. The summed E-state index contributed by atoms with van der Waals surface area (Å²) in [6.07, 6.45) is 2.49. The number of sulfonamides is 1. The molecule has 1 aliphatic carbocycles. The Morgan fingerprint density at radius 1 is 1.50 bits per heavy atom. The Balaban J connectivity index is 2.19. The molecular weight excluding hydrogens is 224 g/mol. The third-order valence-electron chi connectivity index (χ3n) is 2.33. The maximum atomic E-state index is 11.0. The Kier molecular flexibility index (Phi) is 4.63. The van der Waals surface area contributed by atoms with Crippen molar-refractivity contribution in [3.05, 3.63) is 0 Å². The molecule has 1 fully saturated rings. The lowest BCUT2D eigenvalue weighted by molar-refractivity contribution is 0.282. The molecule has 0 unspecified atom stereocenters. The molecule has 0 aromatic carbocycles. The van der Waals surface area contributed by atoms with Gasteiger partial charge in [-0.3, -0.25) is 4.90 Å². The van der Waals surface area contributed by atoms with Crippen LogP contribution < -0.4 is 4.72 Å². The van der Waals surface area contributed by atoms with Gasteiger partial charge in [-0.15, -0.1) is 11.6 Å². The average molecular weight is 241 g/mol.